The molecule has 1 aliphatic carbocycles. The fourth-order valence-electron chi connectivity index (χ4n) is 2.88. The van der Waals surface area contributed by atoms with Gasteiger partial charge in [0.25, 0.3) is 0 Å². The zero-order valence-electron chi connectivity index (χ0n) is 12.4. The summed E-state index contributed by atoms with van der Waals surface area (Å²) in [6.07, 6.45) is 4.44. The maximum Gasteiger partial charge on any atom is 0.132 e. The first-order valence-corrected chi connectivity index (χ1v) is 8.27. The van der Waals surface area contributed by atoms with Crippen molar-refractivity contribution in [2.45, 2.75) is 18.8 Å². The molecule has 1 N–H and O–H groups in total. The number of benzene rings is 1. The van der Waals surface area contributed by atoms with E-state index in [-0.39, 0.29) is 0 Å². The van der Waals surface area contributed by atoms with Crippen molar-refractivity contribution in [1.29, 1.82) is 0 Å². The first kappa shape index (κ1) is 14.0. The molecule has 0 bridgehead atoms. The average molecular weight is 315 g/mol. The smallest absolute Gasteiger partial charge is 0.132 e. The highest BCUT2D eigenvalue weighted by Gasteiger charge is 2.28. The fourth-order valence-corrected chi connectivity index (χ4v) is 3.01. The molecule has 0 unspecified atom stereocenters. The Labute approximate surface area is 135 Å². The monoisotopic (exact) mass is 314 g/mol. The highest BCUT2D eigenvalue weighted by molar-refractivity contribution is 6.30. The Morgan fingerprint density at radius 3 is 2.50 bits per heavy atom. The highest BCUT2D eigenvalue weighted by Crippen LogP contribution is 2.40. The molecule has 2 aromatic rings. The Morgan fingerprint density at radius 1 is 1.09 bits per heavy atom. The molecular formula is C17H19ClN4. The van der Waals surface area contributed by atoms with Crippen molar-refractivity contribution in [1.82, 2.24) is 15.3 Å². The van der Waals surface area contributed by atoms with Crippen LogP contribution in [-0.2, 0) is 0 Å². The van der Waals surface area contributed by atoms with Crippen LogP contribution < -0.4 is 10.2 Å². The summed E-state index contributed by atoms with van der Waals surface area (Å²) in [5.74, 6) is 1.55. The molecule has 2 fully saturated rings. The molecular weight excluding hydrogens is 296 g/mol. The van der Waals surface area contributed by atoms with E-state index in [1.165, 1.54) is 12.8 Å². The molecule has 0 spiro atoms. The lowest BCUT2D eigenvalue weighted by Gasteiger charge is -2.30. The van der Waals surface area contributed by atoms with Crippen LogP contribution in [0.4, 0.5) is 5.69 Å². The molecule has 2 heterocycles. The van der Waals surface area contributed by atoms with Gasteiger partial charge in [-0.1, -0.05) is 23.7 Å². The van der Waals surface area contributed by atoms with Gasteiger partial charge in [0.2, 0.25) is 0 Å². The standard InChI is InChI=1S/C17H19ClN4/c18-14-5-3-12(4-6-14)16-15(22-9-7-19-8-10-22)11-20-17(21-16)13-1-2-13/h3-6,11,13,19H,1-2,7-10H2. The summed E-state index contributed by atoms with van der Waals surface area (Å²) in [6.45, 7) is 3.99. The van der Waals surface area contributed by atoms with Gasteiger partial charge in [-0.15, -0.1) is 0 Å². The van der Waals surface area contributed by atoms with Crippen molar-refractivity contribution in [3.05, 3.63) is 41.3 Å². The van der Waals surface area contributed by atoms with Crippen LogP contribution in [0.25, 0.3) is 11.3 Å². The summed E-state index contributed by atoms with van der Waals surface area (Å²) in [5.41, 5.74) is 3.28. The van der Waals surface area contributed by atoms with E-state index in [4.69, 9.17) is 16.6 Å². The molecule has 114 valence electrons. The van der Waals surface area contributed by atoms with Gasteiger partial charge in [0.1, 0.15) is 5.82 Å². The highest BCUT2D eigenvalue weighted by atomic mass is 35.5. The molecule has 0 radical (unpaired) electrons. The minimum Gasteiger partial charge on any atom is -0.366 e. The molecule has 1 aromatic heterocycles. The normalized spacial score (nSPS) is 18.5. The van der Waals surface area contributed by atoms with E-state index < -0.39 is 0 Å². The van der Waals surface area contributed by atoms with Crippen LogP contribution in [0.15, 0.2) is 30.5 Å². The largest absolute Gasteiger partial charge is 0.366 e. The first-order valence-electron chi connectivity index (χ1n) is 7.90. The number of hydrogen-bond donors (Lipinski definition) is 1. The molecule has 0 atom stereocenters. The summed E-state index contributed by atoms with van der Waals surface area (Å²) in [4.78, 5) is 11.9. The molecule has 2 aliphatic rings. The summed E-state index contributed by atoms with van der Waals surface area (Å²) in [5, 5.41) is 4.14. The van der Waals surface area contributed by atoms with Gasteiger partial charge in [-0.2, -0.15) is 0 Å². The number of nitrogens with one attached hydrogen (secondary N) is 1. The van der Waals surface area contributed by atoms with E-state index in [0.29, 0.717) is 5.92 Å². The quantitative estimate of drug-likeness (QED) is 0.945. The number of rotatable bonds is 3. The average Bonchev–Trinajstić information content (AvgIpc) is 3.41. The Bertz CT molecular complexity index is 661. The molecule has 0 amide bonds. The number of anilines is 1. The third kappa shape index (κ3) is 2.81. The maximum absolute atomic E-state index is 6.03. The van der Waals surface area contributed by atoms with E-state index in [1.54, 1.807) is 0 Å². The number of piperazine rings is 1. The minimum atomic E-state index is 0.558. The number of aromatic nitrogens is 2. The summed E-state index contributed by atoms with van der Waals surface area (Å²) >= 11 is 6.03. The summed E-state index contributed by atoms with van der Waals surface area (Å²) in [6, 6.07) is 7.95. The van der Waals surface area contributed by atoms with E-state index >= 15 is 0 Å². The molecule has 1 saturated heterocycles. The third-order valence-corrected chi connectivity index (χ3v) is 4.56. The molecule has 1 aromatic carbocycles. The van der Waals surface area contributed by atoms with Crippen molar-refractivity contribution in [3.63, 3.8) is 0 Å². The van der Waals surface area contributed by atoms with Gasteiger partial charge in [-0.3, -0.25) is 0 Å². The van der Waals surface area contributed by atoms with Gasteiger partial charge in [-0.25, -0.2) is 9.97 Å². The Morgan fingerprint density at radius 2 is 1.82 bits per heavy atom. The number of nitrogens with zero attached hydrogens (tertiary/aromatic N) is 3. The Balaban J connectivity index is 1.77. The molecule has 1 aliphatic heterocycles. The van der Waals surface area contributed by atoms with Gasteiger partial charge >= 0.3 is 0 Å². The van der Waals surface area contributed by atoms with Crippen molar-refractivity contribution in [2.75, 3.05) is 31.1 Å². The second kappa shape index (κ2) is 5.86. The zero-order valence-corrected chi connectivity index (χ0v) is 13.2. The summed E-state index contributed by atoms with van der Waals surface area (Å²) in [7, 11) is 0. The zero-order chi connectivity index (χ0) is 14.9. The van der Waals surface area contributed by atoms with Crippen molar-refractivity contribution in [3.8, 4) is 11.3 Å². The number of halogens is 1. The topological polar surface area (TPSA) is 41.1 Å². The van der Waals surface area contributed by atoms with E-state index in [1.807, 2.05) is 30.5 Å². The van der Waals surface area contributed by atoms with Crippen LogP contribution in [0.1, 0.15) is 24.6 Å². The molecule has 4 rings (SSSR count). The van der Waals surface area contributed by atoms with Crippen LogP contribution in [0.2, 0.25) is 5.02 Å². The van der Waals surface area contributed by atoms with Gasteiger partial charge in [0.15, 0.2) is 0 Å². The lowest BCUT2D eigenvalue weighted by Crippen LogP contribution is -2.43. The van der Waals surface area contributed by atoms with Crippen LogP contribution in [0, 0.1) is 0 Å². The second-order valence-corrected chi connectivity index (χ2v) is 6.42. The predicted molar refractivity (Wildman–Crippen MR) is 89.5 cm³/mol. The maximum atomic E-state index is 6.03. The van der Waals surface area contributed by atoms with Crippen molar-refractivity contribution >= 4 is 17.3 Å². The molecule has 4 nitrogen and oxygen atoms in total. The van der Waals surface area contributed by atoms with Crippen LogP contribution in [-0.4, -0.2) is 36.1 Å². The lowest BCUT2D eigenvalue weighted by atomic mass is 10.1. The first-order chi connectivity index (χ1) is 10.8. The minimum absolute atomic E-state index is 0.558. The lowest BCUT2D eigenvalue weighted by molar-refractivity contribution is 0.588. The van der Waals surface area contributed by atoms with Crippen molar-refractivity contribution in [2.24, 2.45) is 0 Å². The predicted octanol–water partition coefficient (Wildman–Crippen LogP) is 3.08. The van der Waals surface area contributed by atoms with Gasteiger partial charge in [-0.05, 0) is 25.0 Å². The number of hydrogen-bond acceptors (Lipinski definition) is 4. The van der Waals surface area contributed by atoms with E-state index in [9.17, 15) is 0 Å². The van der Waals surface area contributed by atoms with Gasteiger partial charge in [0.05, 0.1) is 17.6 Å². The van der Waals surface area contributed by atoms with Crippen LogP contribution in [0.3, 0.4) is 0 Å². The van der Waals surface area contributed by atoms with Crippen molar-refractivity contribution < 1.29 is 0 Å². The third-order valence-electron chi connectivity index (χ3n) is 4.31. The Hall–Kier alpha value is -1.65. The van der Waals surface area contributed by atoms with Gasteiger partial charge < -0.3 is 10.2 Å². The molecule has 5 heteroatoms. The van der Waals surface area contributed by atoms with Gasteiger partial charge in [0, 0.05) is 42.7 Å². The van der Waals surface area contributed by atoms with E-state index in [2.05, 4.69) is 15.2 Å². The van der Waals surface area contributed by atoms with E-state index in [0.717, 1.165) is 54.0 Å². The summed E-state index contributed by atoms with van der Waals surface area (Å²) < 4.78 is 0. The molecule has 1 saturated carbocycles. The second-order valence-electron chi connectivity index (χ2n) is 5.98. The Kier molecular flexibility index (Phi) is 3.72. The van der Waals surface area contributed by atoms with Crippen LogP contribution >= 0.6 is 11.6 Å². The SMILES string of the molecule is Clc1ccc(-c2nc(C3CC3)ncc2N2CCNCC2)cc1. The fraction of sp³-hybridized carbons (Fsp3) is 0.412. The van der Waals surface area contributed by atoms with Crippen LogP contribution in [0.5, 0.6) is 0 Å². The molecule has 22 heavy (non-hydrogen) atoms.